The Morgan fingerprint density at radius 2 is 1.79 bits per heavy atom. The second-order valence-electron chi connectivity index (χ2n) is 7.26. The average Bonchev–Trinajstić information content (AvgIpc) is 3.19. The first kappa shape index (κ1) is 20.3. The fourth-order valence-corrected chi connectivity index (χ4v) is 3.35. The van der Waals surface area contributed by atoms with Crippen molar-refractivity contribution in [1.82, 2.24) is 4.90 Å². The third kappa shape index (κ3) is 6.04. The first-order chi connectivity index (χ1) is 13.7. The monoisotopic (exact) mass is 379 g/mol. The second-order valence-corrected chi connectivity index (χ2v) is 7.26. The molecule has 2 aromatic carbocycles. The minimum Gasteiger partial charge on any atom is -0.373 e. The zero-order valence-electron chi connectivity index (χ0n) is 16.5. The van der Waals surface area contributed by atoms with Gasteiger partial charge in [-0.1, -0.05) is 79.7 Å². The molecule has 1 amide bonds. The number of amides is 1. The number of nitrogens with zero attached hydrogens (tertiary/aromatic N) is 1. The van der Waals surface area contributed by atoms with Crippen LogP contribution in [0.1, 0.15) is 24.5 Å². The van der Waals surface area contributed by atoms with E-state index in [9.17, 15) is 4.79 Å². The van der Waals surface area contributed by atoms with E-state index >= 15 is 0 Å². The highest BCUT2D eigenvalue weighted by atomic mass is 16.5. The van der Waals surface area contributed by atoms with Crippen LogP contribution in [0.25, 0.3) is 0 Å². The van der Waals surface area contributed by atoms with Crippen molar-refractivity contribution in [3.05, 3.63) is 83.9 Å². The number of allylic oxidation sites excluding steroid dienone is 1. The lowest BCUT2D eigenvalue weighted by Crippen LogP contribution is -2.40. The Kier molecular flexibility index (Phi) is 7.82. The summed E-state index contributed by atoms with van der Waals surface area (Å²) in [5.41, 5.74) is 2.40. The zero-order valence-corrected chi connectivity index (χ0v) is 16.5. The molecule has 1 heterocycles. The molecular formula is C24H29NO3. The van der Waals surface area contributed by atoms with Gasteiger partial charge >= 0.3 is 0 Å². The van der Waals surface area contributed by atoms with E-state index in [1.54, 1.807) is 0 Å². The van der Waals surface area contributed by atoms with Crippen molar-refractivity contribution in [2.45, 2.75) is 32.4 Å². The van der Waals surface area contributed by atoms with E-state index in [0.717, 1.165) is 12.0 Å². The fraction of sp³-hybridized carbons (Fsp3) is 0.375. The summed E-state index contributed by atoms with van der Waals surface area (Å²) in [6, 6.07) is 20.5. The summed E-state index contributed by atoms with van der Waals surface area (Å²) in [5, 5.41) is 0. The van der Waals surface area contributed by atoms with Crippen molar-refractivity contribution in [1.29, 1.82) is 0 Å². The Bertz CT molecular complexity index is 745. The van der Waals surface area contributed by atoms with Crippen molar-refractivity contribution in [3.63, 3.8) is 0 Å². The fourth-order valence-electron chi connectivity index (χ4n) is 3.35. The topological polar surface area (TPSA) is 38.8 Å². The molecule has 0 saturated carbocycles. The summed E-state index contributed by atoms with van der Waals surface area (Å²) in [7, 11) is 0. The molecule has 3 rings (SSSR count). The van der Waals surface area contributed by atoms with Gasteiger partial charge in [-0.3, -0.25) is 4.79 Å². The molecule has 2 atom stereocenters. The number of carbonyl (C=O) groups is 1. The summed E-state index contributed by atoms with van der Waals surface area (Å²) in [6.07, 6.45) is 5.58. The Morgan fingerprint density at radius 3 is 2.50 bits per heavy atom. The largest absolute Gasteiger partial charge is 0.373 e. The predicted molar refractivity (Wildman–Crippen MR) is 111 cm³/mol. The van der Waals surface area contributed by atoms with Crippen LogP contribution >= 0.6 is 0 Å². The van der Waals surface area contributed by atoms with Gasteiger partial charge < -0.3 is 14.4 Å². The standard InChI is InChI=1S/C24H29NO3/c1-20(10-8-9-15-27-17-22-13-6-3-7-14-22)24(26)25-19-28-18-23(25)16-21-11-4-2-5-12-21/h2-9,11-14,20,23H,10,15-19H2,1H3/b9-8+/t20-,23+/m1/s1. The van der Waals surface area contributed by atoms with Gasteiger partial charge in [-0.25, -0.2) is 0 Å². The molecule has 2 aromatic rings. The van der Waals surface area contributed by atoms with Crippen LogP contribution in [0.3, 0.4) is 0 Å². The van der Waals surface area contributed by atoms with Gasteiger partial charge in [0, 0.05) is 5.92 Å². The number of ether oxygens (including phenoxy) is 2. The maximum absolute atomic E-state index is 12.8. The Hall–Kier alpha value is -2.43. The quantitative estimate of drug-likeness (QED) is 0.484. The first-order valence-corrected chi connectivity index (χ1v) is 9.93. The van der Waals surface area contributed by atoms with Gasteiger partial charge in [-0.15, -0.1) is 0 Å². The molecule has 1 saturated heterocycles. The van der Waals surface area contributed by atoms with E-state index in [1.165, 1.54) is 5.56 Å². The Morgan fingerprint density at radius 1 is 1.11 bits per heavy atom. The molecule has 0 unspecified atom stereocenters. The third-order valence-corrected chi connectivity index (χ3v) is 4.98. The number of hydrogen-bond donors (Lipinski definition) is 0. The van der Waals surface area contributed by atoms with Crippen molar-refractivity contribution < 1.29 is 14.3 Å². The maximum Gasteiger partial charge on any atom is 0.227 e. The van der Waals surface area contributed by atoms with Crippen LogP contribution in [0.15, 0.2) is 72.8 Å². The highest BCUT2D eigenvalue weighted by molar-refractivity contribution is 5.79. The van der Waals surface area contributed by atoms with Crippen LogP contribution in [-0.4, -0.2) is 36.8 Å². The number of hydrogen-bond acceptors (Lipinski definition) is 3. The van der Waals surface area contributed by atoms with Gasteiger partial charge in [0.05, 0.1) is 25.9 Å². The highest BCUT2D eigenvalue weighted by Gasteiger charge is 2.31. The van der Waals surface area contributed by atoms with Crippen molar-refractivity contribution >= 4 is 5.91 Å². The molecule has 4 nitrogen and oxygen atoms in total. The van der Waals surface area contributed by atoms with Gasteiger partial charge in [0.25, 0.3) is 0 Å². The van der Waals surface area contributed by atoms with Gasteiger partial charge in [-0.2, -0.15) is 0 Å². The second kappa shape index (κ2) is 10.8. The summed E-state index contributed by atoms with van der Waals surface area (Å²) < 4.78 is 11.2. The molecule has 0 aromatic heterocycles. The lowest BCUT2D eigenvalue weighted by atomic mass is 10.0. The third-order valence-electron chi connectivity index (χ3n) is 4.98. The molecule has 1 aliphatic rings. The van der Waals surface area contributed by atoms with Crippen LogP contribution in [0.4, 0.5) is 0 Å². The number of carbonyl (C=O) groups excluding carboxylic acids is 1. The molecule has 0 radical (unpaired) electrons. The molecule has 4 heteroatoms. The number of benzene rings is 2. The summed E-state index contributed by atoms with van der Waals surface area (Å²) in [5.74, 6) is 0.0960. The van der Waals surface area contributed by atoms with Crippen LogP contribution in [-0.2, 0) is 27.3 Å². The first-order valence-electron chi connectivity index (χ1n) is 9.93. The Labute approximate surface area is 167 Å². The summed E-state index contributed by atoms with van der Waals surface area (Å²) in [6.45, 7) is 4.14. The minimum absolute atomic E-state index is 0.0645. The van der Waals surface area contributed by atoms with Gasteiger partial charge in [0.2, 0.25) is 5.91 Å². The number of rotatable bonds is 9. The van der Waals surface area contributed by atoms with Crippen molar-refractivity contribution in [3.8, 4) is 0 Å². The molecule has 148 valence electrons. The van der Waals surface area contributed by atoms with Crippen molar-refractivity contribution in [2.75, 3.05) is 19.9 Å². The Balaban J connectivity index is 1.40. The van der Waals surface area contributed by atoms with Crippen LogP contribution < -0.4 is 0 Å². The lowest BCUT2D eigenvalue weighted by molar-refractivity contribution is -0.136. The average molecular weight is 380 g/mol. The summed E-state index contributed by atoms with van der Waals surface area (Å²) >= 11 is 0. The molecule has 0 bridgehead atoms. The van der Waals surface area contributed by atoms with Gasteiger partial charge in [0.1, 0.15) is 6.73 Å². The van der Waals surface area contributed by atoms with E-state index in [-0.39, 0.29) is 17.9 Å². The molecule has 28 heavy (non-hydrogen) atoms. The molecule has 0 spiro atoms. The SMILES string of the molecule is C[C@H](C/C=C/COCc1ccccc1)C(=O)N1COC[C@@H]1Cc1ccccc1. The maximum atomic E-state index is 12.8. The molecule has 0 N–H and O–H groups in total. The molecule has 1 aliphatic heterocycles. The predicted octanol–water partition coefficient (Wildman–Crippen LogP) is 4.21. The zero-order chi connectivity index (χ0) is 19.6. The van der Waals surface area contributed by atoms with E-state index < -0.39 is 0 Å². The van der Waals surface area contributed by atoms with Gasteiger partial charge in [-0.05, 0) is 24.0 Å². The molecule has 1 fully saturated rings. The van der Waals surface area contributed by atoms with E-state index in [1.807, 2.05) is 60.4 Å². The van der Waals surface area contributed by atoms with Gasteiger partial charge in [0.15, 0.2) is 0 Å². The highest BCUT2D eigenvalue weighted by Crippen LogP contribution is 2.19. The lowest BCUT2D eigenvalue weighted by Gasteiger charge is -2.25. The van der Waals surface area contributed by atoms with E-state index in [0.29, 0.717) is 33.0 Å². The summed E-state index contributed by atoms with van der Waals surface area (Å²) in [4.78, 5) is 14.7. The van der Waals surface area contributed by atoms with E-state index in [2.05, 4.69) is 24.3 Å². The molecule has 0 aliphatic carbocycles. The minimum atomic E-state index is -0.0645. The van der Waals surface area contributed by atoms with Crippen LogP contribution in [0.5, 0.6) is 0 Å². The molecular weight excluding hydrogens is 350 g/mol. The van der Waals surface area contributed by atoms with Crippen LogP contribution in [0.2, 0.25) is 0 Å². The van der Waals surface area contributed by atoms with E-state index in [4.69, 9.17) is 9.47 Å². The van der Waals surface area contributed by atoms with Crippen molar-refractivity contribution in [2.24, 2.45) is 5.92 Å². The smallest absolute Gasteiger partial charge is 0.227 e. The van der Waals surface area contributed by atoms with Crippen LogP contribution in [0, 0.1) is 5.92 Å². The normalized spacial score (nSPS) is 17.9.